The number of nitrogens with zero attached hydrogens (tertiary/aromatic N) is 3. The van der Waals surface area contributed by atoms with Gasteiger partial charge in [-0.2, -0.15) is 18.2 Å². The van der Waals surface area contributed by atoms with Crippen LogP contribution in [0.15, 0.2) is 6.07 Å². The van der Waals surface area contributed by atoms with E-state index >= 15 is 0 Å². The fraction of sp³-hybridized carbons (Fsp3) is 0.667. The van der Waals surface area contributed by atoms with E-state index in [2.05, 4.69) is 9.97 Å². The lowest BCUT2D eigenvalue weighted by atomic mass is 10.1. The van der Waals surface area contributed by atoms with Crippen molar-refractivity contribution in [3.8, 4) is 5.88 Å². The van der Waals surface area contributed by atoms with Gasteiger partial charge in [-0.3, -0.25) is 0 Å². The molecule has 0 atom stereocenters. The summed E-state index contributed by atoms with van der Waals surface area (Å²) in [5, 5.41) is -0.344. The molecular formula is C15H19ClF3N3O3. The Kier molecular flexibility index (Phi) is 5.65. The van der Waals surface area contributed by atoms with Crippen molar-refractivity contribution in [1.29, 1.82) is 0 Å². The third-order valence-electron chi connectivity index (χ3n) is 3.31. The van der Waals surface area contributed by atoms with Gasteiger partial charge in [-0.05, 0) is 20.8 Å². The van der Waals surface area contributed by atoms with Crippen molar-refractivity contribution in [2.24, 2.45) is 0 Å². The predicted octanol–water partition coefficient (Wildman–Crippen LogP) is 3.93. The van der Waals surface area contributed by atoms with Crippen molar-refractivity contribution in [3.05, 3.63) is 17.0 Å². The first-order valence-electron chi connectivity index (χ1n) is 7.70. The van der Waals surface area contributed by atoms with Crippen molar-refractivity contribution >= 4 is 17.7 Å². The Balaban J connectivity index is 1.94. The van der Waals surface area contributed by atoms with Crippen LogP contribution in [-0.4, -0.2) is 45.8 Å². The fourth-order valence-electron chi connectivity index (χ4n) is 2.24. The first-order chi connectivity index (χ1) is 11.4. The third-order valence-corrected chi connectivity index (χ3v) is 3.50. The standard InChI is InChI=1S/C15H19ClF3N3O3/c1-14(2,3)25-13(23)22-6-4-9(5-7-22)24-11-8-10(16)20-12(21-11)15(17,18)19/h8-9H,4-7H2,1-3H3. The van der Waals surface area contributed by atoms with E-state index in [4.69, 9.17) is 21.1 Å². The Morgan fingerprint density at radius 3 is 2.36 bits per heavy atom. The second-order valence-corrected chi connectivity index (χ2v) is 7.02. The van der Waals surface area contributed by atoms with Crippen molar-refractivity contribution in [2.75, 3.05) is 13.1 Å². The van der Waals surface area contributed by atoms with Gasteiger partial charge in [0.25, 0.3) is 0 Å². The summed E-state index contributed by atoms with van der Waals surface area (Å²) in [6.07, 6.45) is -4.60. The SMILES string of the molecule is CC(C)(C)OC(=O)N1CCC(Oc2cc(Cl)nc(C(F)(F)F)n2)CC1. The Hall–Kier alpha value is -1.77. The zero-order valence-electron chi connectivity index (χ0n) is 14.1. The van der Waals surface area contributed by atoms with E-state index < -0.39 is 23.7 Å². The maximum absolute atomic E-state index is 12.7. The minimum Gasteiger partial charge on any atom is -0.474 e. The molecule has 1 fully saturated rings. The summed E-state index contributed by atoms with van der Waals surface area (Å²) in [7, 11) is 0. The molecule has 0 unspecified atom stereocenters. The number of likely N-dealkylation sites (tertiary alicyclic amines) is 1. The van der Waals surface area contributed by atoms with Crippen LogP contribution in [0.2, 0.25) is 5.15 Å². The number of piperidine rings is 1. The highest BCUT2D eigenvalue weighted by Gasteiger charge is 2.36. The molecule has 1 amide bonds. The molecule has 0 bridgehead atoms. The average molecular weight is 382 g/mol. The third kappa shape index (κ3) is 5.91. The van der Waals surface area contributed by atoms with Crippen LogP contribution >= 0.6 is 11.6 Å². The molecular weight excluding hydrogens is 363 g/mol. The summed E-state index contributed by atoms with van der Waals surface area (Å²) in [6, 6.07) is 1.14. The van der Waals surface area contributed by atoms with Crippen LogP contribution in [0.25, 0.3) is 0 Å². The first kappa shape index (κ1) is 19.6. The number of halogens is 4. The van der Waals surface area contributed by atoms with Gasteiger partial charge in [-0.1, -0.05) is 11.6 Å². The molecule has 0 aromatic carbocycles. The summed E-state index contributed by atoms with van der Waals surface area (Å²) in [5.74, 6) is -1.58. The molecule has 1 aromatic rings. The Morgan fingerprint density at radius 1 is 1.24 bits per heavy atom. The number of alkyl halides is 3. The lowest BCUT2D eigenvalue weighted by molar-refractivity contribution is -0.145. The summed E-state index contributed by atoms with van der Waals surface area (Å²) in [6.45, 7) is 6.09. The van der Waals surface area contributed by atoms with Crippen molar-refractivity contribution in [1.82, 2.24) is 14.9 Å². The van der Waals surface area contributed by atoms with Gasteiger partial charge in [0.2, 0.25) is 11.7 Å². The van der Waals surface area contributed by atoms with Gasteiger partial charge < -0.3 is 14.4 Å². The average Bonchev–Trinajstić information content (AvgIpc) is 2.44. The van der Waals surface area contributed by atoms with Crippen LogP contribution < -0.4 is 4.74 Å². The quantitative estimate of drug-likeness (QED) is 0.726. The lowest BCUT2D eigenvalue weighted by Gasteiger charge is -2.33. The largest absolute Gasteiger partial charge is 0.474 e. The van der Waals surface area contributed by atoms with E-state index in [1.54, 1.807) is 25.7 Å². The van der Waals surface area contributed by atoms with E-state index in [-0.39, 0.29) is 17.1 Å². The van der Waals surface area contributed by atoms with E-state index in [1.807, 2.05) is 0 Å². The lowest BCUT2D eigenvalue weighted by Crippen LogP contribution is -2.44. The normalized spacial score (nSPS) is 16.7. The number of carbonyl (C=O) groups excluding carboxylic acids is 1. The topological polar surface area (TPSA) is 64.5 Å². The second kappa shape index (κ2) is 7.23. The second-order valence-electron chi connectivity index (χ2n) is 6.63. The van der Waals surface area contributed by atoms with Crippen LogP contribution in [0.4, 0.5) is 18.0 Å². The van der Waals surface area contributed by atoms with E-state index in [9.17, 15) is 18.0 Å². The van der Waals surface area contributed by atoms with Gasteiger partial charge in [-0.15, -0.1) is 0 Å². The molecule has 2 heterocycles. The van der Waals surface area contributed by atoms with Crippen LogP contribution in [0, 0.1) is 0 Å². The van der Waals surface area contributed by atoms with E-state index in [0.29, 0.717) is 25.9 Å². The molecule has 0 N–H and O–H groups in total. The number of aromatic nitrogens is 2. The Bertz CT molecular complexity index is 627. The molecule has 2 rings (SSSR count). The molecule has 25 heavy (non-hydrogen) atoms. The zero-order valence-corrected chi connectivity index (χ0v) is 14.8. The summed E-state index contributed by atoms with van der Waals surface area (Å²) in [4.78, 5) is 20.0. The minimum absolute atomic E-state index is 0.233. The number of hydrogen-bond acceptors (Lipinski definition) is 5. The summed E-state index contributed by atoms with van der Waals surface area (Å²) in [5.41, 5.74) is -0.587. The number of ether oxygens (including phenoxy) is 2. The summed E-state index contributed by atoms with van der Waals surface area (Å²) >= 11 is 5.60. The zero-order chi connectivity index (χ0) is 18.8. The van der Waals surface area contributed by atoms with Crippen LogP contribution in [0.5, 0.6) is 5.88 Å². The van der Waals surface area contributed by atoms with E-state index in [1.165, 1.54) is 0 Å². The monoisotopic (exact) mass is 381 g/mol. The highest BCUT2D eigenvalue weighted by atomic mass is 35.5. The maximum atomic E-state index is 12.7. The predicted molar refractivity (Wildman–Crippen MR) is 83.5 cm³/mol. The molecule has 10 heteroatoms. The van der Waals surface area contributed by atoms with Gasteiger partial charge in [0.15, 0.2) is 0 Å². The van der Waals surface area contributed by atoms with Crippen LogP contribution in [-0.2, 0) is 10.9 Å². The van der Waals surface area contributed by atoms with Gasteiger partial charge in [0, 0.05) is 32.0 Å². The van der Waals surface area contributed by atoms with Crippen molar-refractivity contribution in [3.63, 3.8) is 0 Å². The van der Waals surface area contributed by atoms with Crippen molar-refractivity contribution in [2.45, 2.75) is 51.5 Å². The molecule has 1 aliphatic heterocycles. The molecule has 1 aliphatic rings. The number of carbonyl (C=O) groups is 1. The first-order valence-corrected chi connectivity index (χ1v) is 8.08. The van der Waals surface area contributed by atoms with Crippen LogP contribution in [0.3, 0.4) is 0 Å². The molecule has 0 saturated carbocycles. The Morgan fingerprint density at radius 2 is 1.84 bits per heavy atom. The number of hydrogen-bond donors (Lipinski definition) is 0. The molecule has 0 radical (unpaired) electrons. The molecule has 0 aliphatic carbocycles. The van der Waals surface area contributed by atoms with Gasteiger partial charge in [-0.25, -0.2) is 9.78 Å². The molecule has 140 valence electrons. The van der Waals surface area contributed by atoms with Crippen molar-refractivity contribution < 1.29 is 27.4 Å². The fourth-order valence-corrected chi connectivity index (χ4v) is 2.41. The Labute approximate surface area is 148 Å². The van der Waals surface area contributed by atoms with Gasteiger partial charge in [0.1, 0.15) is 16.9 Å². The molecule has 6 nitrogen and oxygen atoms in total. The van der Waals surface area contributed by atoms with Gasteiger partial charge >= 0.3 is 12.3 Å². The highest BCUT2D eigenvalue weighted by Crippen LogP contribution is 2.29. The maximum Gasteiger partial charge on any atom is 0.451 e. The summed E-state index contributed by atoms with van der Waals surface area (Å²) < 4.78 is 48.9. The minimum atomic E-state index is -4.71. The molecule has 0 spiro atoms. The smallest absolute Gasteiger partial charge is 0.451 e. The van der Waals surface area contributed by atoms with E-state index in [0.717, 1.165) is 6.07 Å². The number of rotatable bonds is 2. The van der Waals surface area contributed by atoms with Crippen LogP contribution in [0.1, 0.15) is 39.4 Å². The molecule has 1 saturated heterocycles. The number of amides is 1. The van der Waals surface area contributed by atoms with Gasteiger partial charge in [0.05, 0.1) is 0 Å². The molecule has 1 aromatic heterocycles. The highest BCUT2D eigenvalue weighted by molar-refractivity contribution is 6.29.